The van der Waals surface area contributed by atoms with Gasteiger partial charge >= 0.3 is 0 Å². The van der Waals surface area contributed by atoms with Crippen molar-refractivity contribution in [3.05, 3.63) is 0 Å². The summed E-state index contributed by atoms with van der Waals surface area (Å²) in [6.45, 7) is 7.49. The van der Waals surface area contributed by atoms with Gasteiger partial charge < -0.3 is 10.6 Å². The van der Waals surface area contributed by atoms with E-state index in [1.165, 1.54) is 0 Å². The molecule has 0 aromatic heterocycles. The average molecular weight is 227 g/mol. The van der Waals surface area contributed by atoms with Crippen molar-refractivity contribution in [2.24, 2.45) is 10.7 Å². The highest BCUT2D eigenvalue weighted by atomic mass is 32.2. The normalized spacial score (nSPS) is 36.1. The minimum absolute atomic E-state index is 0.0542. The van der Waals surface area contributed by atoms with Crippen LogP contribution in [0.5, 0.6) is 0 Å². The Kier molecular flexibility index (Phi) is 2.77. The summed E-state index contributed by atoms with van der Waals surface area (Å²) in [6, 6.07) is 0.271. The highest BCUT2D eigenvalue weighted by Gasteiger charge is 2.46. The van der Waals surface area contributed by atoms with Gasteiger partial charge in [-0.05, 0) is 19.9 Å². The van der Waals surface area contributed by atoms with Crippen LogP contribution in [0.25, 0.3) is 0 Å². The summed E-state index contributed by atoms with van der Waals surface area (Å²) in [7, 11) is 0. The molecule has 0 aliphatic carbocycles. The van der Waals surface area contributed by atoms with Gasteiger partial charge in [0.1, 0.15) is 0 Å². The predicted octanol–water partition coefficient (Wildman–Crippen LogP) is 0.470. The lowest BCUT2D eigenvalue weighted by molar-refractivity contribution is -0.111. The number of hydrogen-bond acceptors (Lipinski definition) is 4. The molecular weight excluding hydrogens is 210 g/mol. The SMILES string of the molecule is CCN1CCC2N=C(C(N)=O)SC2(C)C1. The molecule has 2 rings (SSSR count). The number of amides is 1. The maximum Gasteiger partial charge on any atom is 0.273 e. The van der Waals surface area contributed by atoms with Crippen molar-refractivity contribution in [1.29, 1.82) is 0 Å². The first kappa shape index (κ1) is 11.0. The van der Waals surface area contributed by atoms with E-state index < -0.39 is 0 Å². The van der Waals surface area contributed by atoms with Gasteiger partial charge in [0.05, 0.1) is 10.8 Å². The summed E-state index contributed by atoms with van der Waals surface area (Å²) >= 11 is 1.56. The number of carbonyl (C=O) groups is 1. The molecule has 1 saturated heterocycles. The number of likely N-dealkylation sites (tertiary alicyclic amines) is 1. The van der Waals surface area contributed by atoms with Gasteiger partial charge in [-0.2, -0.15) is 0 Å². The topological polar surface area (TPSA) is 58.7 Å². The van der Waals surface area contributed by atoms with Crippen LogP contribution in [-0.4, -0.2) is 46.3 Å². The third-order valence-corrected chi connectivity index (χ3v) is 4.59. The highest BCUT2D eigenvalue weighted by Crippen LogP contribution is 2.42. The molecular formula is C10H17N3OS. The third-order valence-electron chi connectivity index (χ3n) is 3.22. The smallest absolute Gasteiger partial charge is 0.273 e. The standard InChI is InChI=1S/C10H17N3OS/c1-3-13-5-4-7-10(2,6-13)15-9(12-7)8(11)14/h7H,3-6H2,1-2H3,(H2,11,14). The number of fused-ring (bicyclic) bond motifs is 1. The molecule has 84 valence electrons. The van der Waals surface area contributed by atoms with Gasteiger partial charge in [0.15, 0.2) is 5.04 Å². The van der Waals surface area contributed by atoms with E-state index in [2.05, 4.69) is 23.7 Å². The Bertz CT molecular complexity index is 318. The molecule has 2 N–H and O–H groups in total. The van der Waals surface area contributed by atoms with Crippen LogP contribution in [-0.2, 0) is 4.79 Å². The monoisotopic (exact) mass is 227 g/mol. The summed E-state index contributed by atoms with van der Waals surface area (Å²) in [6.07, 6.45) is 1.04. The van der Waals surface area contributed by atoms with E-state index in [-0.39, 0.29) is 16.7 Å². The number of primary amides is 1. The zero-order chi connectivity index (χ0) is 11.1. The second kappa shape index (κ2) is 3.79. The molecule has 0 aromatic rings. The first-order valence-electron chi connectivity index (χ1n) is 5.34. The molecule has 0 bridgehead atoms. The van der Waals surface area contributed by atoms with E-state index in [4.69, 9.17) is 5.73 Å². The summed E-state index contributed by atoms with van der Waals surface area (Å²) in [4.78, 5) is 17.9. The maximum absolute atomic E-state index is 11.1. The van der Waals surface area contributed by atoms with Crippen LogP contribution in [0.3, 0.4) is 0 Å². The van der Waals surface area contributed by atoms with E-state index in [1.54, 1.807) is 11.8 Å². The van der Waals surface area contributed by atoms with Crippen molar-refractivity contribution in [2.75, 3.05) is 19.6 Å². The predicted molar refractivity (Wildman–Crippen MR) is 63.1 cm³/mol. The molecule has 1 fully saturated rings. The fourth-order valence-corrected chi connectivity index (χ4v) is 3.59. The highest BCUT2D eigenvalue weighted by molar-refractivity contribution is 8.17. The van der Waals surface area contributed by atoms with Gasteiger partial charge in [0, 0.05) is 13.1 Å². The lowest BCUT2D eigenvalue weighted by atomic mass is 9.93. The van der Waals surface area contributed by atoms with Gasteiger partial charge in [-0.1, -0.05) is 18.7 Å². The van der Waals surface area contributed by atoms with E-state index >= 15 is 0 Å². The Morgan fingerprint density at radius 3 is 3.13 bits per heavy atom. The number of piperidine rings is 1. The Balaban J connectivity index is 2.13. The number of aliphatic imine (C=N–C) groups is 1. The molecule has 2 heterocycles. The van der Waals surface area contributed by atoms with Gasteiger partial charge in [0.25, 0.3) is 5.91 Å². The Hall–Kier alpha value is -0.550. The zero-order valence-electron chi connectivity index (χ0n) is 9.19. The second-order valence-corrected chi connectivity index (χ2v) is 5.91. The first-order chi connectivity index (χ1) is 7.05. The molecule has 5 heteroatoms. The van der Waals surface area contributed by atoms with E-state index in [9.17, 15) is 4.79 Å². The summed E-state index contributed by atoms with van der Waals surface area (Å²) < 4.78 is 0.0542. The Labute approximate surface area is 94.3 Å². The van der Waals surface area contributed by atoms with Crippen LogP contribution in [0.2, 0.25) is 0 Å². The Morgan fingerprint density at radius 1 is 1.80 bits per heavy atom. The average Bonchev–Trinajstić information content (AvgIpc) is 2.54. The van der Waals surface area contributed by atoms with Crippen LogP contribution >= 0.6 is 11.8 Å². The molecule has 0 spiro atoms. The number of nitrogens with two attached hydrogens (primary N) is 1. The summed E-state index contributed by atoms with van der Waals surface area (Å²) in [5.41, 5.74) is 5.27. The minimum Gasteiger partial charge on any atom is -0.364 e. The van der Waals surface area contributed by atoms with Crippen molar-refractivity contribution in [3.8, 4) is 0 Å². The Morgan fingerprint density at radius 2 is 2.53 bits per heavy atom. The van der Waals surface area contributed by atoms with E-state index in [0.29, 0.717) is 5.04 Å². The number of thioether (sulfide) groups is 1. The van der Waals surface area contributed by atoms with Crippen molar-refractivity contribution in [3.63, 3.8) is 0 Å². The van der Waals surface area contributed by atoms with E-state index in [1.807, 2.05) is 0 Å². The largest absolute Gasteiger partial charge is 0.364 e. The van der Waals surface area contributed by atoms with Gasteiger partial charge in [0.2, 0.25) is 0 Å². The van der Waals surface area contributed by atoms with Gasteiger partial charge in [-0.25, -0.2) is 0 Å². The van der Waals surface area contributed by atoms with Gasteiger partial charge in [-0.3, -0.25) is 9.79 Å². The van der Waals surface area contributed by atoms with Crippen LogP contribution < -0.4 is 5.73 Å². The maximum atomic E-state index is 11.1. The molecule has 15 heavy (non-hydrogen) atoms. The van der Waals surface area contributed by atoms with Crippen molar-refractivity contribution in [1.82, 2.24) is 4.90 Å². The number of carbonyl (C=O) groups excluding carboxylic acids is 1. The van der Waals surface area contributed by atoms with Crippen molar-refractivity contribution in [2.45, 2.75) is 31.1 Å². The molecule has 0 aromatic carbocycles. The molecule has 0 saturated carbocycles. The molecule has 2 atom stereocenters. The summed E-state index contributed by atoms with van der Waals surface area (Å²) in [5, 5.41) is 0.514. The molecule has 1 amide bonds. The quantitative estimate of drug-likeness (QED) is 0.746. The lowest BCUT2D eigenvalue weighted by Gasteiger charge is -2.40. The summed E-state index contributed by atoms with van der Waals surface area (Å²) in [5.74, 6) is -0.376. The van der Waals surface area contributed by atoms with Crippen LogP contribution in [0.15, 0.2) is 4.99 Å². The number of rotatable bonds is 2. The molecule has 4 nitrogen and oxygen atoms in total. The molecule has 2 unspecified atom stereocenters. The third kappa shape index (κ3) is 1.90. The number of nitrogens with zero attached hydrogens (tertiary/aromatic N) is 2. The molecule has 2 aliphatic heterocycles. The fraction of sp³-hybridized carbons (Fsp3) is 0.800. The fourth-order valence-electron chi connectivity index (χ4n) is 2.31. The minimum atomic E-state index is -0.376. The van der Waals surface area contributed by atoms with Crippen LogP contribution in [0.1, 0.15) is 20.3 Å². The van der Waals surface area contributed by atoms with Crippen LogP contribution in [0, 0.1) is 0 Å². The second-order valence-electron chi connectivity index (χ2n) is 4.39. The van der Waals surface area contributed by atoms with Gasteiger partial charge in [-0.15, -0.1) is 0 Å². The first-order valence-corrected chi connectivity index (χ1v) is 6.16. The van der Waals surface area contributed by atoms with Crippen molar-refractivity contribution >= 4 is 22.7 Å². The van der Waals surface area contributed by atoms with Crippen LogP contribution in [0.4, 0.5) is 0 Å². The zero-order valence-corrected chi connectivity index (χ0v) is 10.0. The lowest BCUT2D eigenvalue weighted by Crippen LogP contribution is -2.50. The molecule has 2 aliphatic rings. The molecule has 0 radical (unpaired) electrons. The number of hydrogen-bond donors (Lipinski definition) is 1. The van der Waals surface area contributed by atoms with E-state index in [0.717, 1.165) is 26.1 Å². The van der Waals surface area contributed by atoms with Crippen molar-refractivity contribution < 1.29 is 4.79 Å².